The summed E-state index contributed by atoms with van der Waals surface area (Å²) in [5.74, 6) is -0.652. The number of hydrogen-bond acceptors (Lipinski definition) is 1. The molecule has 0 atom stereocenters. The lowest BCUT2D eigenvalue weighted by Crippen LogP contribution is -1.93. The number of rotatable bonds is 18. The van der Waals surface area contributed by atoms with Crippen LogP contribution < -0.4 is 0 Å². The lowest BCUT2D eigenvalue weighted by atomic mass is 10.0. The molecule has 140 valence electrons. The molecule has 0 amide bonds. The fourth-order valence-electron chi connectivity index (χ4n) is 3.00. The molecule has 0 radical (unpaired) electrons. The minimum atomic E-state index is -0.652. The van der Waals surface area contributed by atoms with Crippen LogP contribution in [0.25, 0.3) is 0 Å². The minimum absolute atomic E-state index is 0. The summed E-state index contributed by atoms with van der Waals surface area (Å²) in [6.07, 6.45) is 23.1. The third-order valence-electron chi connectivity index (χ3n) is 4.49. The summed E-state index contributed by atoms with van der Waals surface area (Å²) in [7, 11) is 0. The number of hydrogen-bond donors (Lipinski definition) is 1. The van der Waals surface area contributed by atoms with Crippen molar-refractivity contribution in [3.8, 4) is 0 Å². The van der Waals surface area contributed by atoms with E-state index in [9.17, 15) is 4.79 Å². The van der Waals surface area contributed by atoms with Gasteiger partial charge in [-0.2, -0.15) is 0 Å². The molecule has 0 aliphatic rings. The molecule has 0 aromatic rings. The standard InChI is InChI=1S/C20H40O2.H2O/c1-2-3-4-5-6-7-8-9-10-11-12-13-14-15-16-17-18-19-20(21)22;/h2-19H2,1H3,(H,21,22);1H2. The van der Waals surface area contributed by atoms with Crippen LogP contribution in [-0.2, 0) is 4.79 Å². The fourth-order valence-corrected chi connectivity index (χ4v) is 3.00. The first kappa shape index (κ1) is 24.7. The van der Waals surface area contributed by atoms with Crippen molar-refractivity contribution in [1.29, 1.82) is 0 Å². The van der Waals surface area contributed by atoms with Crippen LogP contribution >= 0.6 is 0 Å². The highest BCUT2D eigenvalue weighted by atomic mass is 16.4. The average Bonchev–Trinajstić information content (AvgIpc) is 2.50. The third kappa shape index (κ3) is 23.8. The SMILES string of the molecule is CCCCCCCCCCCCCCCCCCCC(=O)O.O. The van der Waals surface area contributed by atoms with E-state index in [1.165, 1.54) is 96.3 Å². The predicted octanol–water partition coefficient (Wildman–Crippen LogP) is 6.29. The van der Waals surface area contributed by atoms with Gasteiger partial charge in [0.05, 0.1) is 0 Å². The van der Waals surface area contributed by atoms with Crippen molar-refractivity contribution in [2.45, 2.75) is 122 Å². The van der Waals surface area contributed by atoms with Crippen LogP contribution in [0.3, 0.4) is 0 Å². The van der Waals surface area contributed by atoms with E-state index >= 15 is 0 Å². The molecule has 0 aliphatic carbocycles. The zero-order chi connectivity index (χ0) is 16.3. The van der Waals surface area contributed by atoms with Crippen LogP contribution in [0.5, 0.6) is 0 Å². The van der Waals surface area contributed by atoms with Crippen molar-refractivity contribution in [3.05, 3.63) is 0 Å². The van der Waals surface area contributed by atoms with Gasteiger partial charge in [0.1, 0.15) is 0 Å². The second-order valence-corrected chi connectivity index (χ2v) is 6.80. The van der Waals surface area contributed by atoms with Crippen molar-refractivity contribution in [3.63, 3.8) is 0 Å². The first-order valence-electron chi connectivity index (χ1n) is 9.99. The van der Waals surface area contributed by atoms with Crippen molar-refractivity contribution in [1.82, 2.24) is 0 Å². The molecule has 0 saturated carbocycles. The van der Waals surface area contributed by atoms with Crippen LogP contribution in [0.4, 0.5) is 0 Å². The van der Waals surface area contributed by atoms with Crippen LogP contribution in [0.15, 0.2) is 0 Å². The molecule has 3 nitrogen and oxygen atoms in total. The molecular weight excluding hydrogens is 288 g/mol. The maximum Gasteiger partial charge on any atom is 0.303 e. The highest BCUT2D eigenvalue weighted by molar-refractivity contribution is 5.66. The topological polar surface area (TPSA) is 68.8 Å². The Balaban J connectivity index is 0. The summed E-state index contributed by atoms with van der Waals surface area (Å²) in [6.45, 7) is 2.28. The maximum absolute atomic E-state index is 10.4. The predicted molar refractivity (Wildman–Crippen MR) is 100 cm³/mol. The fraction of sp³-hybridized carbons (Fsp3) is 0.950. The van der Waals surface area contributed by atoms with E-state index < -0.39 is 5.97 Å². The summed E-state index contributed by atoms with van der Waals surface area (Å²) in [6, 6.07) is 0. The van der Waals surface area contributed by atoms with Crippen molar-refractivity contribution in [2.75, 3.05) is 0 Å². The Morgan fingerprint density at radius 3 is 1.09 bits per heavy atom. The van der Waals surface area contributed by atoms with Gasteiger partial charge in [-0.3, -0.25) is 4.79 Å². The molecule has 3 heteroatoms. The Morgan fingerprint density at radius 1 is 0.565 bits per heavy atom. The van der Waals surface area contributed by atoms with Gasteiger partial charge < -0.3 is 10.6 Å². The molecule has 3 N–H and O–H groups in total. The monoisotopic (exact) mass is 330 g/mol. The highest BCUT2D eigenvalue weighted by Crippen LogP contribution is 2.14. The minimum Gasteiger partial charge on any atom is -0.481 e. The second kappa shape index (κ2) is 21.4. The molecule has 0 saturated heterocycles. The number of aliphatic carboxylic acids is 1. The molecule has 0 rings (SSSR count). The van der Waals surface area contributed by atoms with E-state index in [0.29, 0.717) is 6.42 Å². The average molecular weight is 331 g/mol. The number of carboxylic acids is 1. The molecule has 0 heterocycles. The van der Waals surface area contributed by atoms with Gasteiger partial charge in [-0.1, -0.05) is 110 Å². The largest absolute Gasteiger partial charge is 0.481 e. The smallest absolute Gasteiger partial charge is 0.303 e. The van der Waals surface area contributed by atoms with Crippen LogP contribution in [-0.4, -0.2) is 16.6 Å². The van der Waals surface area contributed by atoms with Crippen molar-refractivity contribution in [2.24, 2.45) is 0 Å². The normalized spacial score (nSPS) is 10.5. The zero-order valence-corrected chi connectivity index (χ0v) is 15.6. The molecule has 0 aromatic heterocycles. The van der Waals surface area contributed by atoms with E-state index in [4.69, 9.17) is 5.11 Å². The Bertz CT molecular complexity index is 229. The Hall–Kier alpha value is -0.570. The molecule has 0 bridgehead atoms. The first-order valence-corrected chi connectivity index (χ1v) is 9.99. The molecule has 0 fully saturated rings. The van der Waals surface area contributed by atoms with Crippen molar-refractivity contribution < 1.29 is 15.4 Å². The molecule has 0 aliphatic heterocycles. The highest BCUT2D eigenvalue weighted by Gasteiger charge is 1.97. The van der Waals surface area contributed by atoms with Gasteiger partial charge >= 0.3 is 5.97 Å². The summed E-state index contributed by atoms with van der Waals surface area (Å²) in [5.41, 5.74) is 0. The quantitative estimate of drug-likeness (QED) is 0.300. The van der Waals surface area contributed by atoms with Gasteiger partial charge in [0.25, 0.3) is 0 Å². The summed E-state index contributed by atoms with van der Waals surface area (Å²) >= 11 is 0. The van der Waals surface area contributed by atoms with Crippen LogP contribution in [0.2, 0.25) is 0 Å². The third-order valence-corrected chi connectivity index (χ3v) is 4.49. The molecule has 23 heavy (non-hydrogen) atoms. The molecule has 0 unspecified atom stereocenters. The number of carbonyl (C=O) groups is 1. The number of carboxylic acid groups (broad SMARTS) is 1. The second-order valence-electron chi connectivity index (χ2n) is 6.80. The van der Waals surface area contributed by atoms with E-state index in [-0.39, 0.29) is 5.48 Å². The van der Waals surface area contributed by atoms with Gasteiger partial charge in [0.15, 0.2) is 0 Å². The van der Waals surface area contributed by atoms with Gasteiger partial charge in [0.2, 0.25) is 0 Å². The summed E-state index contributed by atoms with van der Waals surface area (Å²) < 4.78 is 0. The molecule has 0 spiro atoms. The van der Waals surface area contributed by atoms with Gasteiger partial charge in [-0.05, 0) is 6.42 Å². The number of unbranched alkanes of at least 4 members (excludes halogenated alkanes) is 16. The Labute approximate surface area is 144 Å². The van der Waals surface area contributed by atoms with E-state index in [2.05, 4.69) is 6.92 Å². The maximum atomic E-state index is 10.4. The lowest BCUT2D eigenvalue weighted by Gasteiger charge is -2.03. The zero-order valence-electron chi connectivity index (χ0n) is 15.6. The van der Waals surface area contributed by atoms with Gasteiger partial charge in [0, 0.05) is 6.42 Å². The molecular formula is C20H42O3. The van der Waals surface area contributed by atoms with Crippen LogP contribution in [0, 0.1) is 0 Å². The first-order chi connectivity index (χ1) is 10.8. The van der Waals surface area contributed by atoms with Gasteiger partial charge in [-0.25, -0.2) is 0 Å². The summed E-state index contributed by atoms with van der Waals surface area (Å²) in [5, 5.41) is 8.54. The van der Waals surface area contributed by atoms with Gasteiger partial charge in [-0.15, -0.1) is 0 Å². The Kier molecular flexibility index (Phi) is 23.0. The van der Waals surface area contributed by atoms with Crippen LogP contribution in [0.1, 0.15) is 122 Å². The summed E-state index contributed by atoms with van der Waals surface area (Å²) in [4.78, 5) is 10.4. The van der Waals surface area contributed by atoms with E-state index in [0.717, 1.165) is 12.8 Å². The lowest BCUT2D eigenvalue weighted by molar-refractivity contribution is -0.137. The van der Waals surface area contributed by atoms with Crippen molar-refractivity contribution >= 4 is 5.97 Å². The van der Waals surface area contributed by atoms with E-state index in [1.54, 1.807) is 0 Å². The van der Waals surface area contributed by atoms with E-state index in [1.807, 2.05) is 0 Å². The Morgan fingerprint density at radius 2 is 0.826 bits per heavy atom. The molecule has 0 aromatic carbocycles.